The molecule has 0 bridgehead atoms. The van der Waals surface area contributed by atoms with E-state index in [2.05, 4.69) is 4.98 Å². The largest absolute Gasteiger partial charge is 0.481 e. The quantitative estimate of drug-likeness (QED) is 0.781. The van der Waals surface area contributed by atoms with Gasteiger partial charge in [-0.2, -0.15) is 0 Å². The van der Waals surface area contributed by atoms with Gasteiger partial charge in [-0.15, -0.1) is 0 Å². The van der Waals surface area contributed by atoms with Gasteiger partial charge >= 0.3 is 0 Å². The van der Waals surface area contributed by atoms with Crippen LogP contribution in [0.5, 0.6) is 5.88 Å². The second kappa shape index (κ2) is 4.93. The van der Waals surface area contributed by atoms with Crippen molar-refractivity contribution in [1.82, 2.24) is 4.98 Å². The second-order valence-corrected chi connectivity index (χ2v) is 3.09. The first-order valence-electron chi connectivity index (χ1n) is 4.45. The number of nitrogens with zero attached hydrogens (tertiary/aromatic N) is 1. The van der Waals surface area contributed by atoms with E-state index in [1.165, 1.54) is 0 Å². The number of ether oxygens (including phenoxy) is 2. The maximum atomic E-state index is 5.89. The molecule has 0 aromatic carbocycles. The molecule has 0 aliphatic heterocycles. The molecule has 0 radical (unpaired) electrons. The predicted octanol–water partition coefficient (Wildman–Crippen LogP) is 1.04. The summed E-state index contributed by atoms with van der Waals surface area (Å²) >= 11 is 0. The zero-order valence-corrected chi connectivity index (χ0v) is 8.78. The van der Waals surface area contributed by atoms with Crippen molar-refractivity contribution in [3.63, 3.8) is 0 Å². The minimum absolute atomic E-state index is 0.126. The van der Waals surface area contributed by atoms with Crippen LogP contribution in [0.15, 0.2) is 12.1 Å². The summed E-state index contributed by atoms with van der Waals surface area (Å²) in [6.07, 6.45) is 0. The number of aromatic nitrogens is 1. The van der Waals surface area contributed by atoms with Crippen molar-refractivity contribution in [3.8, 4) is 5.88 Å². The van der Waals surface area contributed by atoms with Crippen LogP contribution in [0.3, 0.4) is 0 Å². The van der Waals surface area contributed by atoms with Gasteiger partial charge in [-0.3, -0.25) is 0 Å². The van der Waals surface area contributed by atoms with E-state index in [4.69, 9.17) is 15.2 Å². The summed E-state index contributed by atoms with van der Waals surface area (Å²) in [5.74, 6) is 0.607. The molecule has 1 heterocycles. The van der Waals surface area contributed by atoms with Crippen LogP contribution < -0.4 is 10.5 Å². The van der Waals surface area contributed by atoms with E-state index in [0.29, 0.717) is 12.5 Å². The molecule has 0 saturated carbocycles. The van der Waals surface area contributed by atoms with Gasteiger partial charge in [0.2, 0.25) is 5.88 Å². The fourth-order valence-electron chi connectivity index (χ4n) is 1.32. The van der Waals surface area contributed by atoms with E-state index < -0.39 is 0 Å². The first-order valence-corrected chi connectivity index (χ1v) is 4.45. The van der Waals surface area contributed by atoms with Crippen molar-refractivity contribution in [2.24, 2.45) is 5.73 Å². The Kier molecular flexibility index (Phi) is 3.85. The number of rotatable bonds is 4. The highest BCUT2D eigenvalue weighted by atomic mass is 16.5. The number of hydrogen-bond donors (Lipinski definition) is 1. The molecule has 4 heteroatoms. The number of pyridine rings is 1. The topological polar surface area (TPSA) is 57.4 Å². The monoisotopic (exact) mass is 196 g/mol. The Morgan fingerprint density at radius 3 is 2.64 bits per heavy atom. The van der Waals surface area contributed by atoms with E-state index in [0.717, 1.165) is 11.3 Å². The number of nitrogens with two attached hydrogens (primary N) is 1. The summed E-state index contributed by atoms with van der Waals surface area (Å²) in [4.78, 5) is 4.24. The third-order valence-corrected chi connectivity index (χ3v) is 2.06. The molecule has 2 N–H and O–H groups in total. The Morgan fingerprint density at radius 2 is 2.14 bits per heavy atom. The Labute approximate surface area is 84.0 Å². The fraction of sp³-hybridized carbons (Fsp3) is 0.500. The van der Waals surface area contributed by atoms with Crippen molar-refractivity contribution in [1.29, 1.82) is 0 Å². The third-order valence-electron chi connectivity index (χ3n) is 2.06. The van der Waals surface area contributed by atoms with Crippen LogP contribution in [0.4, 0.5) is 0 Å². The highest BCUT2D eigenvalue weighted by molar-refractivity contribution is 5.27. The Bertz CT molecular complexity index is 302. The maximum absolute atomic E-state index is 5.89. The van der Waals surface area contributed by atoms with Gasteiger partial charge in [0.25, 0.3) is 0 Å². The molecule has 78 valence electrons. The first kappa shape index (κ1) is 10.9. The molecule has 1 unspecified atom stereocenters. The number of hydrogen-bond acceptors (Lipinski definition) is 4. The lowest BCUT2D eigenvalue weighted by Crippen LogP contribution is -2.17. The van der Waals surface area contributed by atoms with Gasteiger partial charge in [0, 0.05) is 18.9 Å². The molecule has 4 nitrogen and oxygen atoms in total. The van der Waals surface area contributed by atoms with Crippen molar-refractivity contribution in [3.05, 3.63) is 23.4 Å². The lowest BCUT2D eigenvalue weighted by Gasteiger charge is -2.13. The number of methoxy groups -OCH3 is 2. The van der Waals surface area contributed by atoms with Crippen molar-refractivity contribution in [2.45, 2.75) is 13.0 Å². The lowest BCUT2D eigenvalue weighted by molar-refractivity contribution is 0.180. The van der Waals surface area contributed by atoms with Crippen LogP contribution in [0.25, 0.3) is 0 Å². The molecule has 0 aliphatic rings. The molecule has 14 heavy (non-hydrogen) atoms. The van der Waals surface area contributed by atoms with Crippen molar-refractivity contribution >= 4 is 0 Å². The molecule has 1 aromatic rings. The summed E-state index contributed by atoms with van der Waals surface area (Å²) in [5.41, 5.74) is 7.77. The smallest absolute Gasteiger partial charge is 0.213 e. The number of aryl methyl sites for hydroxylation is 1. The van der Waals surface area contributed by atoms with E-state index >= 15 is 0 Å². The molecular weight excluding hydrogens is 180 g/mol. The first-order chi connectivity index (χ1) is 6.69. The minimum atomic E-state index is -0.126. The minimum Gasteiger partial charge on any atom is -0.481 e. The summed E-state index contributed by atoms with van der Waals surface area (Å²) < 4.78 is 9.99. The highest BCUT2D eigenvalue weighted by Gasteiger charge is 2.09. The molecule has 1 atom stereocenters. The Hall–Kier alpha value is -1.13. The van der Waals surface area contributed by atoms with Crippen molar-refractivity contribution < 1.29 is 9.47 Å². The van der Waals surface area contributed by atoms with Gasteiger partial charge < -0.3 is 15.2 Å². The Morgan fingerprint density at radius 1 is 1.43 bits per heavy atom. The van der Waals surface area contributed by atoms with E-state index in [-0.39, 0.29) is 6.04 Å². The maximum Gasteiger partial charge on any atom is 0.213 e. The summed E-state index contributed by atoms with van der Waals surface area (Å²) in [6.45, 7) is 2.40. The third kappa shape index (κ3) is 2.43. The molecule has 0 spiro atoms. The van der Waals surface area contributed by atoms with Gasteiger partial charge in [0.1, 0.15) is 0 Å². The van der Waals surface area contributed by atoms with E-state index in [1.807, 2.05) is 13.0 Å². The van der Waals surface area contributed by atoms with Crippen LogP contribution in [-0.2, 0) is 4.74 Å². The zero-order valence-electron chi connectivity index (χ0n) is 8.78. The summed E-state index contributed by atoms with van der Waals surface area (Å²) in [5, 5.41) is 0. The Balaban J connectivity index is 2.88. The zero-order chi connectivity index (χ0) is 10.6. The van der Waals surface area contributed by atoms with Crippen LogP contribution in [0.2, 0.25) is 0 Å². The van der Waals surface area contributed by atoms with Gasteiger partial charge in [0.05, 0.1) is 19.8 Å². The highest BCUT2D eigenvalue weighted by Crippen LogP contribution is 2.17. The van der Waals surface area contributed by atoms with Crippen LogP contribution >= 0.6 is 0 Å². The van der Waals surface area contributed by atoms with E-state index in [9.17, 15) is 0 Å². The fourth-order valence-corrected chi connectivity index (χ4v) is 1.32. The van der Waals surface area contributed by atoms with E-state index in [1.54, 1.807) is 20.3 Å². The molecule has 0 amide bonds. The van der Waals surface area contributed by atoms with Gasteiger partial charge in [-0.25, -0.2) is 4.98 Å². The average Bonchev–Trinajstić information content (AvgIpc) is 2.17. The van der Waals surface area contributed by atoms with Gasteiger partial charge in [-0.1, -0.05) is 6.07 Å². The van der Waals surface area contributed by atoms with Gasteiger partial charge in [-0.05, 0) is 12.5 Å². The standard InChI is InChI=1S/C10H16N2O2/c1-7-8(9(11)6-13-2)4-5-10(12-7)14-3/h4-5,9H,6,11H2,1-3H3. The normalized spacial score (nSPS) is 12.6. The lowest BCUT2D eigenvalue weighted by atomic mass is 10.1. The molecular formula is C10H16N2O2. The van der Waals surface area contributed by atoms with Crippen LogP contribution in [0, 0.1) is 6.92 Å². The molecule has 1 aromatic heterocycles. The second-order valence-electron chi connectivity index (χ2n) is 3.09. The molecule has 0 aliphatic carbocycles. The van der Waals surface area contributed by atoms with Gasteiger partial charge in [0.15, 0.2) is 0 Å². The molecule has 0 saturated heterocycles. The van der Waals surface area contributed by atoms with Crippen molar-refractivity contribution in [2.75, 3.05) is 20.8 Å². The molecule has 1 rings (SSSR count). The van der Waals surface area contributed by atoms with Crippen LogP contribution in [0.1, 0.15) is 17.3 Å². The summed E-state index contributed by atoms with van der Waals surface area (Å²) in [7, 11) is 3.22. The summed E-state index contributed by atoms with van der Waals surface area (Å²) in [6, 6.07) is 3.60. The average molecular weight is 196 g/mol. The molecule has 0 fully saturated rings. The SMILES string of the molecule is COCC(N)c1ccc(OC)nc1C. The predicted molar refractivity (Wildman–Crippen MR) is 54.3 cm³/mol. The van der Waals surface area contributed by atoms with Crippen LogP contribution in [-0.4, -0.2) is 25.8 Å².